The normalized spacial score (nSPS) is 15.2. The van der Waals surface area contributed by atoms with Gasteiger partial charge in [0.25, 0.3) is 5.91 Å². The van der Waals surface area contributed by atoms with Gasteiger partial charge in [-0.05, 0) is 61.4 Å². The van der Waals surface area contributed by atoms with Crippen molar-refractivity contribution < 1.29 is 9.53 Å². The molecule has 1 amide bonds. The molecule has 0 bridgehead atoms. The summed E-state index contributed by atoms with van der Waals surface area (Å²) in [7, 11) is 0. The number of ether oxygens (including phenoxy) is 1. The zero-order valence-electron chi connectivity index (χ0n) is 17.7. The molecular formula is C28H20ClNO2. The van der Waals surface area contributed by atoms with Gasteiger partial charge in [0.15, 0.2) is 0 Å². The van der Waals surface area contributed by atoms with E-state index in [1.165, 1.54) is 0 Å². The van der Waals surface area contributed by atoms with E-state index in [0.717, 1.165) is 45.0 Å². The van der Waals surface area contributed by atoms with Gasteiger partial charge in [-0.2, -0.15) is 0 Å². The summed E-state index contributed by atoms with van der Waals surface area (Å²) in [5, 5.41) is 0.585. The highest BCUT2D eigenvalue weighted by molar-refractivity contribution is 6.31. The van der Waals surface area contributed by atoms with Crippen molar-refractivity contribution in [3.63, 3.8) is 0 Å². The van der Waals surface area contributed by atoms with Gasteiger partial charge in [0.1, 0.15) is 17.0 Å². The number of halogens is 1. The van der Waals surface area contributed by atoms with Gasteiger partial charge < -0.3 is 4.74 Å². The number of fused-ring (bicyclic) bond motifs is 6. The molecule has 3 nitrogen and oxygen atoms in total. The average Bonchev–Trinajstić information content (AvgIpc) is 3.03. The summed E-state index contributed by atoms with van der Waals surface area (Å²) < 4.78 is 6.42. The summed E-state index contributed by atoms with van der Waals surface area (Å²) in [5.41, 5.74) is 5.61. The molecule has 4 heteroatoms. The number of amides is 1. The van der Waals surface area contributed by atoms with Crippen LogP contribution < -0.4 is 9.64 Å². The first kappa shape index (κ1) is 19.1. The Morgan fingerprint density at radius 2 is 1.41 bits per heavy atom. The second kappa shape index (κ2) is 6.72. The molecule has 32 heavy (non-hydrogen) atoms. The lowest BCUT2D eigenvalue weighted by Crippen LogP contribution is -2.47. The molecule has 0 saturated heterocycles. The minimum atomic E-state index is -0.858. The van der Waals surface area contributed by atoms with E-state index in [9.17, 15) is 4.79 Å². The van der Waals surface area contributed by atoms with E-state index < -0.39 is 5.54 Å². The number of carbonyl (C=O) groups excluding carboxylic acids is 1. The van der Waals surface area contributed by atoms with Crippen LogP contribution in [0.5, 0.6) is 11.5 Å². The monoisotopic (exact) mass is 437 g/mol. The molecule has 0 radical (unpaired) electrons. The van der Waals surface area contributed by atoms with Crippen molar-refractivity contribution >= 4 is 23.2 Å². The zero-order valence-corrected chi connectivity index (χ0v) is 18.5. The minimum Gasteiger partial charge on any atom is -0.457 e. The first-order valence-electron chi connectivity index (χ1n) is 10.6. The lowest BCUT2D eigenvalue weighted by atomic mass is 9.74. The summed E-state index contributed by atoms with van der Waals surface area (Å²) in [5.74, 6) is 1.47. The van der Waals surface area contributed by atoms with E-state index in [2.05, 4.69) is 30.3 Å². The largest absolute Gasteiger partial charge is 0.457 e. The molecule has 0 atom stereocenters. The first-order valence-corrected chi connectivity index (χ1v) is 11.0. The van der Waals surface area contributed by atoms with Gasteiger partial charge in [0, 0.05) is 33.0 Å². The van der Waals surface area contributed by atoms with E-state index in [0.29, 0.717) is 10.6 Å². The van der Waals surface area contributed by atoms with Crippen molar-refractivity contribution in [2.24, 2.45) is 0 Å². The Labute approximate surface area is 191 Å². The summed E-state index contributed by atoms with van der Waals surface area (Å²) >= 11 is 6.39. The number of benzene rings is 4. The SMILES string of the molecule is Cc1ccc2c(c1)Oc1cc(C)ccc1C21c2ccccc2C(=O)N1c1cccc(Cl)c1. The highest BCUT2D eigenvalue weighted by Gasteiger charge is 2.56. The number of hydrogen-bond acceptors (Lipinski definition) is 2. The van der Waals surface area contributed by atoms with Gasteiger partial charge in [-0.1, -0.05) is 60.1 Å². The van der Waals surface area contributed by atoms with E-state index in [1.54, 1.807) is 0 Å². The smallest absolute Gasteiger partial charge is 0.260 e. The molecule has 0 unspecified atom stereocenters. The molecule has 0 saturated carbocycles. The van der Waals surface area contributed by atoms with Crippen molar-refractivity contribution in [3.8, 4) is 11.5 Å². The van der Waals surface area contributed by atoms with Crippen LogP contribution in [0.2, 0.25) is 5.02 Å². The summed E-state index contributed by atoms with van der Waals surface area (Å²) in [6.45, 7) is 4.09. The molecule has 6 rings (SSSR count). The molecule has 2 aliphatic rings. The first-order chi connectivity index (χ1) is 15.5. The molecule has 4 aromatic rings. The number of nitrogens with zero attached hydrogens (tertiary/aromatic N) is 1. The van der Waals surface area contributed by atoms with Gasteiger partial charge in [0.05, 0.1) is 0 Å². The number of aryl methyl sites for hydroxylation is 2. The van der Waals surface area contributed by atoms with Crippen LogP contribution >= 0.6 is 11.6 Å². The predicted molar refractivity (Wildman–Crippen MR) is 127 cm³/mol. The Morgan fingerprint density at radius 3 is 2.06 bits per heavy atom. The molecule has 156 valence electrons. The Morgan fingerprint density at radius 1 is 0.750 bits per heavy atom. The lowest BCUT2D eigenvalue weighted by molar-refractivity contribution is 0.0986. The minimum absolute atomic E-state index is 0.0529. The maximum Gasteiger partial charge on any atom is 0.260 e. The van der Waals surface area contributed by atoms with Crippen molar-refractivity contribution in [1.29, 1.82) is 0 Å². The molecule has 2 heterocycles. The van der Waals surface area contributed by atoms with Crippen LogP contribution in [-0.2, 0) is 5.54 Å². The standard InChI is InChI=1S/C28H20ClNO2/c1-17-10-12-23-25(14-17)32-26-15-18(2)11-13-24(26)28(23)22-9-4-3-8-21(22)27(31)30(28)20-7-5-6-19(29)16-20/h3-16H,1-2H3. The van der Waals surface area contributed by atoms with Crippen LogP contribution in [0.3, 0.4) is 0 Å². The summed E-state index contributed by atoms with van der Waals surface area (Å²) in [4.78, 5) is 15.9. The van der Waals surface area contributed by atoms with E-state index in [-0.39, 0.29) is 5.91 Å². The Balaban J connectivity index is 1.79. The summed E-state index contributed by atoms with van der Waals surface area (Å²) in [6.07, 6.45) is 0. The Bertz CT molecular complexity index is 1370. The molecule has 2 aliphatic heterocycles. The fourth-order valence-electron chi connectivity index (χ4n) is 5.12. The third-order valence-corrected chi connectivity index (χ3v) is 6.66. The van der Waals surface area contributed by atoms with Gasteiger partial charge in [-0.25, -0.2) is 0 Å². The quantitative estimate of drug-likeness (QED) is 0.320. The van der Waals surface area contributed by atoms with Crippen LogP contribution in [0.25, 0.3) is 0 Å². The molecule has 0 aromatic heterocycles. The third kappa shape index (κ3) is 2.46. The molecule has 0 aliphatic carbocycles. The average molecular weight is 438 g/mol. The van der Waals surface area contributed by atoms with Crippen molar-refractivity contribution in [1.82, 2.24) is 0 Å². The summed E-state index contributed by atoms with van der Waals surface area (Å²) in [6, 6.07) is 27.8. The van der Waals surface area contributed by atoms with Gasteiger partial charge in [-0.3, -0.25) is 9.69 Å². The maximum atomic E-state index is 14.0. The second-order valence-electron chi connectivity index (χ2n) is 8.48. The van der Waals surface area contributed by atoms with Crippen molar-refractivity contribution in [2.45, 2.75) is 19.4 Å². The fourth-order valence-corrected chi connectivity index (χ4v) is 5.31. The van der Waals surface area contributed by atoms with Crippen LogP contribution in [0.4, 0.5) is 5.69 Å². The van der Waals surface area contributed by atoms with Crippen LogP contribution in [0.15, 0.2) is 84.9 Å². The van der Waals surface area contributed by atoms with Crippen LogP contribution in [0, 0.1) is 13.8 Å². The van der Waals surface area contributed by atoms with Gasteiger partial charge in [-0.15, -0.1) is 0 Å². The van der Waals surface area contributed by atoms with Gasteiger partial charge >= 0.3 is 0 Å². The molecule has 0 fully saturated rings. The van der Waals surface area contributed by atoms with Gasteiger partial charge in [0.2, 0.25) is 0 Å². The number of hydrogen-bond donors (Lipinski definition) is 0. The van der Waals surface area contributed by atoms with E-state index >= 15 is 0 Å². The van der Waals surface area contributed by atoms with Crippen LogP contribution in [0.1, 0.15) is 38.2 Å². The van der Waals surface area contributed by atoms with E-state index in [4.69, 9.17) is 16.3 Å². The van der Waals surface area contributed by atoms with E-state index in [1.807, 2.05) is 73.3 Å². The topological polar surface area (TPSA) is 29.5 Å². The zero-order chi connectivity index (χ0) is 22.0. The van der Waals surface area contributed by atoms with Crippen LogP contribution in [-0.4, -0.2) is 5.91 Å². The number of anilines is 1. The number of rotatable bonds is 1. The Hall–Kier alpha value is -3.56. The Kier molecular flexibility index (Phi) is 4.02. The molecular weight excluding hydrogens is 418 g/mol. The number of carbonyl (C=O) groups is 1. The predicted octanol–water partition coefficient (Wildman–Crippen LogP) is 7.01. The molecule has 4 aromatic carbocycles. The third-order valence-electron chi connectivity index (χ3n) is 6.43. The van der Waals surface area contributed by atoms with Crippen molar-refractivity contribution in [3.05, 3.63) is 123 Å². The molecule has 1 spiro atoms. The molecule has 0 N–H and O–H groups in total. The maximum absolute atomic E-state index is 14.0. The highest BCUT2D eigenvalue weighted by atomic mass is 35.5. The second-order valence-corrected chi connectivity index (χ2v) is 8.91. The van der Waals surface area contributed by atoms with Crippen molar-refractivity contribution in [2.75, 3.05) is 4.90 Å². The lowest BCUT2D eigenvalue weighted by Gasteiger charge is -2.44. The fraction of sp³-hybridized carbons (Fsp3) is 0.107. The highest BCUT2D eigenvalue weighted by Crippen LogP contribution is 2.58.